The van der Waals surface area contributed by atoms with Crippen LogP contribution in [0.15, 0.2) is 42.5 Å². The van der Waals surface area contributed by atoms with Crippen molar-refractivity contribution in [2.24, 2.45) is 0 Å². The summed E-state index contributed by atoms with van der Waals surface area (Å²) in [7, 11) is 0. The summed E-state index contributed by atoms with van der Waals surface area (Å²) < 4.78 is 31.4. The highest BCUT2D eigenvalue weighted by molar-refractivity contribution is 5.93. The molecule has 27 heavy (non-hydrogen) atoms. The second-order valence-corrected chi connectivity index (χ2v) is 6.48. The summed E-state index contributed by atoms with van der Waals surface area (Å²) in [5.41, 5.74) is 1.55. The van der Waals surface area contributed by atoms with Crippen LogP contribution in [0.2, 0.25) is 0 Å². The molecule has 0 aliphatic carbocycles. The van der Waals surface area contributed by atoms with Crippen LogP contribution >= 0.6 is 0 Å². The molecule has 0 unspecified atom stereocenters. The van der Waals surface area contributed by atoms with Crippen LogP contribution in [-0.2, 0) is 9.53 Å². The van der Waals surface area contributed by atoms with Crippen LogP contribution in [0, 0.1) is 11.6 Å². The number of rotatable bonds is 7. The van der Waals surface area contributed by atoms with Gasteiger partial charge in [-0.05, 0) is 63.2 Å². The van der Waals surface area contributed by atoms with E-state index in [0.29, 0.717) is 16.8 Å². The molecule has 3 N–H and O–H groups in total. The highest BCUT2D eigenvalue weighted by atomic mass is 19.2. The fraction of sp³-hybridized carbons (Fsp3) is 0.300. The van der Waals surface area contributed by atoms with Crippen LogP contribution in [-0.4, -0.2) is 24.5 Å². The van der Waals surface area contributed by atoms with Crippen molar-refractivity contribution < 1.29 is 28.4 Å². The SMILES string of the molecule is CC(C)OC(=O)c1ccc(NC(=O)C[NH2+][C@@H](C)c2ccc(F)c(F)c2)cc1. The smallest absolute Gasteiger partial charge is 0.338 e. The Morgan fingerprint density at radius 2 is 1.70 bits per heavy atom. The van der Waals surface area contributed by atoms with Crippen molar-refractivity contribution in [3.05, 3.63) is 65.2 Å². The Kier molecular flexibility index (Phi) is 7.01. The van der Waals surface area contributed by atoms with E-state index in [1.807, 2.05) is 0 Å². The predicted octanol–water partition coefficient (Wildman–Crippen LogP) is 2.79. The van der Waals surface area contributed by atoms with Gasteiger partial charge in [-0.1, -0.05) is 0 Å². The maximum Gasteiger partial charge on any atom is 0.338 e. The quantitative estimate of drug-likeness (QED) is 0.729. The van der Waals surface area contributed by atoms with E-state index in [1.165, 1.54) is 6.07 Å². The third kappa shape index (κ3) is 6.14. The molecule has 0 aromatic heterocycles. The minimum Gasteiger partial charge on any atom is -0.459 e. The largest absolute Gasteiger partial charge is 0.459 e. The van der Waals surface area contributed by atoms with Crippen LogP contribution in [0.5, 0.6) is 0 Å². The number of amides is 1. The van der Waals surface area contributed by atoms with Crippen LogP contribution < -0.4 is 10.6 Å². The van der Waals surface area contributed by atoms with Crippen LogP contribution in [0.25, 0.3) is 0 Å². The summed E-state index contributed by atoms with van der Waals surface area (Å²) >= 11 is 0. The highest BCUT2D eigenvalue weighted by Crippen LogP contribution is 2.13. The summed E-state index contributed by atoms with van der Waals surface area (Å²) in [5, 5.41) is 4.44. The van der Waals surface area contributed by atoms with Crippen LogP contribution in [0.1, 0.15) is 42.7 Å². The lowest BCUT2D eigenvalue weighted by molar-refractivity contribution is -0.682. The van der Waals surface area contributed by atoms with E-state index in [4.69, 9.17) is 4.74 Å². The zero-order valence-corrected chi connectivity index (χ0v) is 15.5. The van der Waals surface area contributed by atoms with E-state index in [9.17, 15) is 18.4 Å². The molecule has 144 valence electrons. The molecule has 2 rings (SSSR count). The van der Waals surface area contributed by atoms with Gasteiger partial charge < -0.3 is 15.4 Å². The van der Waals surface area contributed by atoms with Gasteiger partial charge in [-0.2, -0.15) is 0 Å². The fourth-order valence-corrected chi connectivity index (χ4v) is 2.40. The van der Waals surface area contributed by atoms with Crippen molar-refractivity contribution in [3.8, 4) is 0 Å². The molecule has 2 aromatic carbocycles. The van der Waals surface area contributed by atoms with E-state index in [1.54, 1.807) is 50.4 Å². The average molecular weight is 377 g/mol. The lowest BCUT2D eigenvalue weighted by Crippen LogP contribution is -2.86. The number of carbonyl (C=O) groups is 2. The monoisotopic (exact) mass is 377 g/mol. The molecular weight excluding hydrogens is 354 g/mol. The summed E-state index contributed by atoms with van der Waals surface area (Å²) in [6.45, 7) is 5.45. The number of benzene rings is 2. The first kappa shape index (κ1) is 20.5. The first-order valence-electron chi connectivity index (χ1n) is 8.65. The highest BCUT2D eigenvalue weighted by Gasteiger charge is 2.14. The predicted molar refractivity (Wildman–Crippen MR) is 97.2 cm³/mol. The number of carbonyl (C=O) groups excluding carboxylic acids is 2. The molecule has 7 heteroatoms. The van der Waals surface area contributed by atoms with Gasteiger partial charge in [0.15, 0.2) is 18.2 Å². The second-order valence-electron chi connectivity index (χ2n) is 6.48. The minimum absolute atomic E-state index is 0.108. The molecule has 0 bridgehead atoms. The maximum atomic E-state index is 13.3. The number of hydrogen-bond acceptors (Lipinski definition) is 3. The topological polar surface area (TPSA) is 72.0 Å². The van der Waals surface area contributed by atoms with E-state index < -0.39 is 17.6 Å². The summed E-state index contributed by atoms with van der Waals surface area (Å²) in [4.78, 5) is 23.8. The van der Waals surface area contributed by atoms with Gasteiger partial charge in [0.2, 0.25) is 0 Å². The summed E-state index contributed by atoms with van der Waals surface area (Å²) in [6, 6.07) is 9.87. The average Bonchev–Trinajstić information content (AvgIpc) is 2.62. The molecule has 0 saturated heterocycles. The molecule has 0 aliphatic rings. The van der Waals surface area contributed by atoms with Gasteiger partial charge in [0.25, 0.3) is 5.91 Å². The molecule has 1 amide bonds. The molecule has 0 saturated carbocycles. The number of esters is 1. The Morgan fingerprint density at radius 1 is 1.04 bits per heavy atom. The number of ether oxygens (including phenoxy) is 1. The molecule has 2 aromatic rings. The summed E-state index contributed by atoms with van der Waals surface area (Å²) in [6.07, 6.45) is -0.205. The number of halogens is 2. The van der Waals surface area contributed by atoms with Crippen molar-refractivity contribution in [1.29, 1.82) is 0 Å². The fourth-order valence-electron chi connectivity index (χ4n) is 2.40. The van der Waals surface area contributed by atoms with Gasteiger partial charge in [-0.25, -0.2) is 13.6 Å². The Bertz CT molecular complexity index is 807. The Balaban J connectivity index is 1.86. The molecule has 0 heterocycles. The van der Waals surface area contributed by atoms with Crippen molar-refractivity contribution in [1.82, 2.24) is 0 Å². The van der Waals surface area contributed by atoms with Gasteiger partial charge in [-0.3, -0.25) is 4.79 Å². The standard InChI is InChI=1S/C20H22F2N2O3/c1-12(2)27-20(26)14-4-7-16(8-5-14)24-19(25)11-23-13(3)15-6-9-17(21)18(22)10-15/h4-10,12-13,23H,11H2,1-3H3,(H,24,25)/p+1/t13-/m0/s1. The molecule has 5 nitrogen and oxygen atoms in total. The molecule has 1 atom stereocenters. The van der Waals surface area contributed by atoms with Gasteiger partial charge in [0.1, 0.15) is 6.04 Å². The Hall–Kier alpha value is -2.80. The molecule has 0 spiro atoms. The maximum absolute atomic E-state index is 13.3. The Labute approximate surface area is 156 Å². The van der Waals surface area contributed by atoms with E-state index in [-0.39, 0.29) is 24.6 Å². The van der Waals surface area contributed by atoms with E-state index >= 15 is 0 Å². The van der Waals surface area contributed by atoms with Crippen LogP contribution in [0.4, 0.5) is 14.5 Å². The second kappa shape index (κ2) is 9.23. The lowest BCUT2D eigenvalue weighted by Gasteiger charge is -2.12. The molecule has 0 fully saturated rings. The third-order valence-corrected chi connectivity index (χ3v) is 3.87. The normalized spacial score (nSPS) is 11.9. The van der Waals surface area contributed by atoms with Crippen LogP contribution in [0.3, 0.4) is 0 Å². The third-order valence-electron chi connectivity index (χ3n) is 3.87. The zero-order valence-electron chi connectivity index (χ0n) is 15.5. The van der Waals surface area contributed by atoms with E-state index in [0.717, 1.165) is 12.1 Å². The number of quaternary nitrogens is 1. The van der Waals surface area contributed by atoms with Gasteiger partial charge >= 0.3 is 5.97 Å². The van der Waals surface area contributed by atoms with Gasteiger partial charge in [0, 0.05) is 11.3 Å². The van der Waals surface area contributed by atoms with Crippen molar-refractivity contribution in [2.45, 2.75) is 32.9 Å². The molecule has 0 radical (unpaired) electrons. The van der Waals surface area contributed by atoms with Crippen molar-refractivity contribution >= 4 is 17.6 Å². The number of nitrogens with one attached hydrogen (secondary N) is 1. The van der Waals surface area contributed by atoms with E-state index in [2.05, 4.69) is 5.32 Å². The van der Waals surface area contributed by atoms with Gasteiger partial charge in [-0.15, -0.1) is 0 Å². The Morgan fingerprint density at radius 3 is 2.30 bits per heavy atom. The zero-order chi connectivity index (χ0) is 20.0. The number of hydrogen-bond donors (Lipinski definition) is 2. The number of anilines is 1. The van der Waals surface area contributed by atoms with Crippen molar-refractivity contribution in [3.63, 3.8) is 0 Å². The molecular formula is C20H23F2N2O3+. The first-order chi connectivity index (χ1) is 12.8. The lowest BCUT2D eigenvalue weighted by atomic mass is 10.1. The van der Waals surface area contributed by atoms with Crippen molar-refractivity contribution in [2.75, 3.05) is 11.9 Å². The number of nitrogens with two attached hydrogens (primary N) is 1. The first-order valence-corrected chi connectivity index (χ1v) is 8.65. The van der Waals surface area contributed by atoms with Gasteiger partial charge in [0.05, 0.1) is 11.7 Å². The molecule has 0 aliphatic heterocycles. The minimum atomic E-state index is -0.909. The summed E-state index contributed by atoms with van der Waals surface area (Å²) in [5.74, 6) is -2.48.